The molecule has 0 saturated heterocycles. The number of rotatable bonds is 0. The highest BCUT2D eigenvalue weighted by molar-refractivity contribution is 8.02. The van der Waals surface area contributed by atoms with Gasteiger partial charge in [-0.15, -0.1) is 0 Å². The fraction of sp³-hybridized carbons (Fsp3) is 0. The van der Waals surface area contributed by atoms with Crippen LogP contribution < -0.4 is 20.9 Å². The van der Waals surface area contributed by atoms with Crippen LogP contribution in [0.25, 0.3) is 0 Å². The second-order valence-electron chi connectivity index (χ2n) is 2.00. The first-order chi connectivity index (χ1) is 5.27. The summed E-state index contributed by atoms with van der Waals surface area (Å²) >= 11 is 1.28. The normalized spacial score (nSPS) is 13.5. The third-order valence-corrected chi connectivity index (χ3v) is 1.84. The molecular formula is C4H6N6S. The Morgan fingerprint density at radius 1 is 1.00 bits per heavy atom. The first-order valence-corrected chi connectivity index (χ1v) is 3.70. The molecule has 0 bridgehead atoms. The van der Waals surface area contributed by atoms with Gasteiger partial charge in [0, 0.05) is 0 Å². The van der Waals surface area contributed by atoms with Crippen molar-refractivity contribution in [1.29, 1.82) is 0 Å². The molecule has 2 rings (SSSR count). The van der Waals surface area contributed by atoms with Gasteiger partial charge >= 0.3 is 0 Å². The van der Waals surface area contributed by atoms with E-state index in [1.54, 1.807) is 0 Å². The molecule has 0 spiro atoms. The molecule has 58 valence electrons. The summed E-state index contributed by atoms with van der Waals surface area (Å²) in [7, 11) is 0. The Morgan fingerprint density at radius 2 is 1.45 bits per heavy atom. The highest BCUT2D eigenvalue weighted by atomic mass is 32.2. The Kier molecular flexibility index (Phi) is 1.19. The monoisotopic (exact) mass is 170 g/mol. The summed E-state index contributed by atoms with van der Waals surface area (Å²) < 4.78 is 5.73. The summed E-state index contributed by atoms with van der Waals surface area (Å²) in [6.07, 6.45) is 0. The van der Waals surface area contributed by atoms with Crippen LogP contribution in [0.2, 0.25) is 0 Å². The van der Waals surface area contributed by atoms with Gasteiger partial charge in [0.25, 0.3) is 0 Å². The van der Waals surface area contributed by atoms with E-state index in [-0.39, 0.29) is 11.6 Å². The van der Waals surface area contributed by atoms with Crippen molar-refractivity contribution in [3.63, 3.8) is 0 Å². The summed E-state index contributed by atoms with van der Waals surface area (Å²) in [4.78, 5) is 7.90. The van der Waals surface area contributed by atoms with E-state index >= 15 is 0 Å². The van der Waals surface area contributed by atoms with Gasteiger partial charge in [-0.1, -0.05) is 0 Å². The van der Waals surface area contributed by atoms with E-state index in [4.69, 9.17) is 11.5 Å². The van der Waals surface area contributed by atoms with Crippen LogP contribution in [0.3, 0.4) is 0 Å². The van der Waals surface area contributed by atoms with Gasteiger partial charge in [0.2, 0.25) is 0 Å². The first-order valence-electron chi connectivity index (χ1n) is 2.88. The maximum atomic E-state index is 5.42. The lowest BCUT2D eigenvalue weighted by atomic mass is 10.5. The Balaban J connectivity index is 2.57. The van der Waals surface area contributed by atoms with Crippen molar-refractivity contribution in [3.05, 3.63) is 0 Å². The number of hydrogen-bond acceptors (Lipinski definition) is 7. The SMILES string of the molecule is Nc1nc2c(nc1N)NSN2. The fourth-order valence-corrected chi connectivity index (χ4v) is 1.25. The van der Waals surface area contributed by atoms with Crippen LogP contribution in [0.15, 0.2) is 0 Å². The highest BCUT2D eigenvalue weighted by Crippen LogP contribution is 2.30. The maximum absolute atomic E-state index is 5.42. The smallest absolute Gasteiger partial charge is 0.183 e. The predicted molar refractivity (Wildman–Crippen MR) is 45.7 cm³/mol. The van der Waals surface area contributed by atoms with Crippen molar-refractivity contribution >= 4 is 35.4 Å². The zero-order valence-electron chi connectivity index (χ0n) is 5.46. The number of nitrogen functional groups attached to an aromatic ring is 2. The van der Waals surface area contributed by atoms with Gasteiger partial charge in [-0.05, 0) is 0 Å². The lowest BCUT2D eigenvalue weighted by Crippen LogP contribution is -2.02. The van der Waals surface area contributed by atoms with E-state index in [1.165, 1.54) is 12.1 Å². The summed E-state index contributed by atoms with van der Waals surface area (Å²) in [5.74, 6) is 1.75. The quantitative estimate of drug-likeness (QED) is 0.408. The third-order valence-electron chi connectivity index (χ3n) is 1.25. The van der Waals surface area contributed by atoms with Crippen LogP contribution in [0.4, 0.5) is 23.3 Å². The summed E-state index contributed by atoms with van der Waals surface area (Å²) in [6.45, 7) is 0. The Hall–Kier alpha value is -1.37. The topological polar surface area (TPSA) is 102 Å². The summed E-state index contributed by atoms with van der Waals surface area (Å²) in [6, 6.07) is 0. The molecule has 0 amide bonds. The van der Waals surface area contributed by atoms with E-state index in [1.807, 2.05) is 0 Å². The molecule has 11 heavy (non-hydrogen) atoms. The van der Waals surface area contributed by atoms with Gasteiger partial charge in [-0.25, -0.2) is 9.97 Å². The molecule has 0 aliphatic carbocycles. The highest BCUT2D eigenvalue weighted by Gasteiger charge is 2.14. The molecular weight excluding hydrogens is 164 g/mol. The molecule has 6 N–H and O–H groups in total. The van der Waals surface area contributed by atoms with Crippen LogP contribution in [0, 0.1) is 0 Å². The number of nitrogens with one attached hydrogen (secondary N) is 2. The summed E-state index contributed by atoms with van der Waals surface area (Å²) in [5.41, 5.74) is 10.8. The van der Waals surface area contributed by atoms with Crippen molar-refractivity contribution in [3.8, 4) is 0 Å². The van der Waals surface area contributed by atoms with Crippen LogP contribution in [0.1, 0.15) is 0 Å². The van der Waals surface area contributed by atoms with Gasteiger partial charge in [-0.3, -0.25) is 9.44 Å². The predicted octanol–water partition coefficient (Wildman–Crippen LogP) is 0.0416. The Labute approximate surface area is 67.0 Å². The van der Waals surface area contributed by atoms with Gasteiger partial charge < -0.3 is 11.5 Å². The second kappa shape index (κ2) is 2.06. The van der Waals surface area contributed by atoms with Gasteiger partial charge in [0.15, 0.2) is 23.3 Å². The van der Waals surface area contributed by atoms with E-state index in [9.17, 15) is 0 Å². The first kappa shape index (κ1) is 6.35. The van der Waals surface area contributed by atoms with Crippen molar-refractivity contribution in [2.45, 2.75) is 0 Å². The lowest BCUT2D eigenvalue weighted by Gasteiger charge is -1.99. The molecule has 6 nitrogen and oxygen atoms in total. The Bertz CT molecular complexity index is 270. The molecule has 1 aromatic heterocycles. The van der Waals surface area contributed by atoms with Crippen molar-refractivity contribution in [2.75, 3.05) is 20.9 Å². The molecule has 2 heterocycles. The molecule has 0 radical (unpaired) electrons. The average molecular weight is 170 g/mol. The second-order valence-corrected chi connectivity index (χ2v) is 2.61. The number of nitrogens with two attached hydrogens (primary N) is 2. The maximum Gasteiger partial charge on any atom is 0.183 e. The minimum absolute atomic E-state index is 0.251. The van der Waals surface area contributed by atoms with E-state index in [0.29, 0.717) is 11.6 Å². The van der Waals surface area contributed by atoms with Crippen molar-refractivity contribution < 1.29 is 0 Å². The zero-order chi connectivity index (χ0) is 7.84. The largest absolute Gasteiger partial charge is 0.381 e. The standard InChI is InChI=1S/C4H6N6S/c5-1-2(6)8-4-3(7-1)9-11-10-4/h(H3,5,7,9)(H3,6,8,10). The minimum Gasteiger partial charge on any atom is -0.381 e. The molecule has 1 aliphatic rings. The van der Waals surface area contributed by atoms with E-state index in [2.05, 4.69) is 19.4 Å². The number of fused-ring (bicyclic) bond motifs is 1. The van der Waals surface area contributed by atoms with Gasteiger partial charge in [-0.2, -0.15) is 0 Å². The number of aromatic nitrogens is 2. The van der Waals surface area contributed by atoms with E-state index < -0.39 is 0 Å². The molecule has 0 unspecified atom stereocenters. The molecule has 1 aliphatic heterocycles. The van der Waals surface area contributed by atoms with Crippen LogP contribution >= 0.6 is 12.1 Å². The molecule has 7 heteroatoms. The number of nitrogens with zero attached hydrogens (tertiary/aromatic N) is 2. The number of hydrogen-bond donors (Lipinski definition) is 4. The van der Waals surface area contributed by atoms with Crippen LogP contribution in [-0.2, 0) is 0 Å². The number of anilines is 4. The van der Waals surface area contributed by atoms with Crippen LogP contribution in [0.5, 0.6) is 0 Å². The van der Waals surface area contributed by atoms with Gasteiger partial charge in [0.05, 0.1) is 12.1 Å². The third kappa shape index (κ3) is 0.891. The summed E-state index contributed by atoms with van der Waals surface area (Å²) in [5, 5.41) is 0. The average Bonchev–Trinajstić information content (AvgIpc) is 2.36. The molecule has 0 atom stereocenters. The molecule has 1 aromatic rings. The lowest BCUT2D eigenvalue weighted by molar-refractivity contribution is 1.25. The zero-order valence-corrected chi connectivity index (χ0v) is 6.27. The van der Waals surface area contributed by atoms with Crippen LogP contribution in [-0.4, -0.2) is 9.97 Å². The van der Waals surface area contributed by atoms with Gasteiger partial charge in [0.1, 0.15) is 0 Å². The Morgan fingerprint density at radius 3 is 1.91 bits per heavy atom. The molecule has 0 saturated carbocycles. The van der Waals surface area contributed by atoms with Crippen molar-refractivity contribution in [1.82, 2.24) is 9.97 Å². The minimum atomic E-state index is 0.251. The van der Waals surface area contributed by atoms with E-state index in [0.717, 1.165) is 0 Å². The van der Waals surface area contributed by atoms with Crippen molar-refractivity contribution in [2.24, 2.45) is 0 Å². The molecule has 0 fully saturated rings. The fourth-order valence-electron chi connectivity index (χ4n) is 0.726. The molecule has 0 aromatic carbocycles.